The van der Waals surface area contributed by atoms with Gasteiger partial charge in [-0.3, -0.25) is 4.99 Å². The predicted octanol–water partition coefficient (Wildman–Crippen LogP) is 2.47. The summed E-state index contributed by atoms with van der Waals surface area (Å²) in [5.41, 5.74) is 2.78. The number of aliphatic imine (C=N–C) groups is 1. The second-order valence-corrected chi connectivity index (χ2v) is 2.59. The van der Waals surface area contributed by atoms with Crippen LogP contribution in [0.2, 0.25) is 0 Å². The predicted molar refractivity (Wildman–Crippen MR) is 48.6 cm³/mol. The number of nitrogens with zero attached hydrogens (tertiary/aromatic N) is 1. The first-order valence-corrected chi connectivity index (χ1v) is 3.54. The van der Waals surface area contributed by atoms with Gasteiger partial charge in [-0.15, -0.1) is 0 Å². The van der Waals surface area contributed by atoms with Crippen molar-refractivity contribution in [2.45, 2.75) is 13.8 Å². The molecule has 1 rings (SSSR count). The van der Waals surface area contributed by atoms with Gasteiger partial charge in [0, 0.05) is 11.9 Å². The molecule has 0 amide bonds. The van der Waals surface area contributed by atoms with Crippen LogP contribution in [0, 0.1) is 0 Å². The summed E-state index contributed by atoms with van der Waals surface area (Å²) in [6.45, 7) is 7.72. The second-order valence-electron chi connectivity index (χ2n) is 2.59. The Balaban J connectivity index is 2.80. The Kier molecular flexibility index (Phi) is 2.26. The van der Waals surface area contributed by atoms with Crippen LogP contribution < -0.4 is 0 Å². The maximum atomic E-state index is 4.21. The van der Waals surface area contributed by atoms with E-state index < -0.39 is 0 Å². The average Bonchev–Trinajstić information content (AvgIpc) is 2.35. The molecule has 0 aliphatic rings. The van der Waals surface area contributed by atoms with Gasteiger partial charge in [-0.05, 0) is 26.0 Å². The number of aromatic nitrogens is 1. The Morgan fingerprint density at radius 2 is 2.27 bits per heavy atom. The minimum absolute atomic E-state index is 0.787. The Labute approximate surface area is 66.7 Å². The van der Waals surface area contributed by atoms with E-state index in [0.717, 1.165) is 17.1 Å². The van der Waals surface area contributed by atoms with E-state index >= 15 is 0 Å². The number of H-pyrrole nitrogens is 1. The van der Waals surface area contributed by atoms with Gasteiger partial charge in [-0.2, -0.15) is 0 Å². The number of aromatic amines is 1. The Bertz CT molecular complexity index is 264. The first-order valence-electron chi connectivity index (χ1n) is 3.54. The van der Waals surface area contributed by atoms with E-state index in [2.05, 4.69) is 16.6 Å². The molecule has 0 radical (unpaired) electrons. The lowest BCUT2D eigenvalue weighted by atomic mass is 10.3. The van der Waals surface area contributed by atoms with Gasteiger partial charge in [0.1, 0.15) is 0 Å². The summed E-state index contributed by atoms with van der Waals surface area (Å²) in [6, 6.07) is 3.88. The lowest BCUT2D eigenvalue weighted by molar-refractivity contribution is 1.32. The van der Waals surface area contributed by atoms with Crippen molar-refractivity contribution in [2.75, 3.05) is 0 Å². The molecule has 0 unspecified atom stereocenters. The van der Waals surface area contributed by atoms with Crippen LogP contribution in [-0.2, 0) is 0 Å². The number of hydrogen-bond acceptors (Lipinski definition) is 1. The normalized spacial score (nSPS) is 9.27. The first kappa shape index (κ1) is 7.79. The largest absolute Gasteiger partial charge is 0.360 e. The van der Waals surface area contributed by atoms with Crippen LogP contribution in [0.3, 0.4) is 0 Å². The molecule has 0 fully saturated rings. The fourth-order valence-corrected chi connectivity index (χ4v) is 0.840. The second kappa shape index (κ2) is 3.19. The van der Waals surface area contributed by atoms with Gasteiger partial charge in [-0.1, -0.05) is 6.58 Å². The zero-order valence-electron chi connectivity index (χ0n) is 6.89. The molecule has 0 saturated carbocycles. The average molecular weight is 148 g/mol. The highest BCUT2D eigenvalue weighted by Gasteiger charge is 1.94. The van der Waals surface area contributed by atoms with Crippen LogP contribution in [-0.4, -0.2) is 10.7 Å². The molecule has 2 nitrogen and oxygen atoms in total. The van der Waals surface area contributed by atoms with Crippen molar-refractivity contribution >= 4 is 11.4 Å². The van der Waals surface area contributed by atoms with Crippen molar-refractivity contribution in [3.63, 3.8) is 0 Å². The van der Waals surface area contributed by atoms with E-state index in [9.17, 15) is 0 Å². The van der Waals surface area contributed by atoms with Crippen molar-refractivity contribution in [3.8, 4) is 0 Å². The maximum Gasteiger partial charge on any atom is 0.0791 e. The molecule has 1 N–H and O–H groups in total. The van der Waals surface area contributed by atoms with Crippen molar-refractivity contribution in [3.05, 3.63) is 30.6 Å². The smallest absolute Gasteiger partial charge is 0.0791 e. The molecule has 1 aromatic rings. The lowest BCUT2D eigenvalue weighted by Crippen LogP contribution is -1.83. The molecule has 0 atom stereocenters. The summed E-state index contributed by atoms with van der Waals surface area (Å²) < 4.78 is 0. The molecule has 0 spiro atoms. The summed E-state index contributed by atoms with van der Waals surface area (Å²) in [5.74, 6) is 0. The van der Waals surface area contributed by atoms with E-state index in [1.165, 1.54) is 0 Å². The quantitative estimate of drug-likeness (QED) is 0.624. The fraction of sp³-hybridized carbons (Fsp3) is 0.222. The van der Waals surface area contributed by atoms with Crippen molar-refractivity contribution in [1.82, 2.24) is 4.98 Å². The highest BCUT2D eigenvalue weighted by atomic mass is 14.8. The van der Waals surface area contributed by atoms with Gasteiger partial charge in [-0.25, -0.2) is 0 Å². The number of nitrogens with one attached hydrogen (secondary N) is 1. The number of hydrogen-bond donors (Lipinski definition) is 1. The van der Waals surface area contributed by atoms with Crippen molar-refractivity contribution in [2.24, 2.45) is 4.99 Å². The molecule has 0 aliphatic heterocycles. The number of rotatable bonds is 2. The summed E-state index contributed by atoms with van der Waals surface area (Å²) in [6.07, 6.45) is 1.86. The third kappa shape index (κ3) is 2.08. The third-order valence-corrected chi connectivity index (χ3v) is 1.27. The molecule has 0 aromatic carbocycles. The van der Waals surface area contributed by atoms with Crippen LogP contribution in [0.5, 0.6) is 0 Å². The minimum atomic E-state index is 0.787. The monoisotopic (exact) mass is 148 g/mol. The van der Waals surface area contributed by atoms with Crippen molar-refractivity contribution in [1.29, 1.82) is 0 Å². The van der Waals surface area contributed by atoms with E-state index in [-0.39, 0.29) is 0 Å². The molecular weight excluding hydrogens is 136 g/mol. The molecule has 0 bridgehead atoms. The van der Waals surface area contributed by atoms with E-state index in [0.29, 0.717) is 0 Å². The SMILES string of the molecule is C=C(N=C(C)C)c1ccc[nH]1. The van der Waals surface area contributed by atoms with Crippen LogP contribution in [0.15, 0.2) is 29.9 Å². The Morgan fingerprint density at radius 1 is 1.55 bits per heavy atom. The fourth-order valence-electron chi connectivity index (χ4n) is 0.840. The standard InChI is InChI=1S/C9H12N2/c1-7(2)11-8(3)9-5-4-6-10-9/h4-6,10H,3H2,1-2H3. The van der Waals surface area contributed by atoms with Crippen LogP contribution >= 0.6 is 0 Å². The highest BCUT2D eigenvalue weighted by Crippen LogP contribution is 2.10. The first-order chi connectivity index (χ1) is 5.20. The third-order valence-electron chi connectivity index (χ3n) is 1.27. The molecule has 1 aromatic heterocycles. The van der Waals surface area contributed by atoms with E-state index in [1.54, 1.807) is 0 Å². The van der Waals surface area contributed by atoms with Gasteiger partial charge in [0.15, 0.2) is 0 Å². The molecule has 58 valence electrons. The van der Waals surface area contributed by atoms with Gasteiger partial charge in [0.05, 0.1) is 11.4 Å². The van der Waals surface area contributed by atoms with Gasteiger partial charge in [0.25, 0.3) is 0 Å². The topological polar surface area (TPSA) is 28.1 Å². The Morgan fingerprint density at radius 3 is 2.73 bits per heavy atom. The molecule has 0 aliphatic carbocycles. The highest BCUT2D eigenvalue weighted by molar-refractivity contribution is 5.85. The summed E-state index contributed by atoms with van der Waals surface area (Å²) >= 11 is 0. The molecule has 2 heteroatoms. The molecule has 0 saturated heterocycles. The summed E-state index contributed by atoms with van der Waals surface area (Å²) in [4.78, 5) is 7.25. The van der Waals surface area contributed by atoms with E-state index in [4.69, 9.17) is 0 Å². The van der Waals surface area contributed by atoms with E-state index in [1.807, 2.05) is 32.2 Å². The molecular formula is C9H12N2. The summed E-state index contributed by atoms with van der Waals surface area (Å²) in [7, 11) is 0. The lowest BCUT2D eigenvalue weighted by Gasteiger charge is -1.95. The minimum Gasteiger partial charge on any atom is -0.360 e. The van der Waals surface area contributed by atoms with Crippen LogP contribution in [0.1, 0.15) is 19.5 Å². The zero-order chi connectivity index (χ0) is 8.27. The summed E-state index contributed by atoms with van der Waals surface area (Å²) in [5, 5.41) is 0. The maximum absolute atomic E-state index is 4.21. The zero-order valence-corrected chi connectivity index (χ0v) is 6.89. The molecule has 11 heavy (non-hydrogen) atoms. The molecule has 1 heterocycles. The van der Waals surface area contributed by atoms with Crippen molar-refractivity contribution < 1.29 is 0 Å². The van der Waals surface area contributed by atoms with Gasteiger partial charge >= 0.3 is 0 Å². The van der Waals surface area contributed by atoms with Gasteiger partial charge < -0.3 is 4.98 Å². The Hall–Kier alpha value is -1.31. The van der Waals surface area contributed by atoms with Crippen LogP contribution in [0.25, 0.3) is 5.70 Å². The van der Waals surface area contributed by atoms with Gasteiger partial charge in [0.2, 0.25) is 0 Å². The van der Waals surface area contributed by atoms with Crippen LogP contribution in [0.4, 0.5) is 0 Å².